The summed E-state index contributed by atoms with van der Waals surface area (Å²) in [6.07, 6.45) is 0.218. The molecule has 1 heterocycles. The van der Waals surface area contributed by atoms with Crippen LogP contribution in [0.5, 0.6) is 5.75 Å². The van der Waals surface area contributed by atoms with Gasteiger partial charge in [0.25, 0.3) is 0 Å². The minimum atomic E-state index is 0.0490. The summed E-state index contributed by atoms with van der Waals surface area (Å²) in [5.41, 5.74) is 0.666. The minimum absolute atomic E-state index is 0.0490. The highest BCUT2D eigenvalue weighted by Crippen LogP contribution is 2.20. The van der Waals surface area contributed by atoms with Crippen molar-refractivity contribution in [2.75, 3.05) is 13.1 Å². The molecule has 2 rings (SSSR count). The van der Waals surface area contributed by atoms with E-state index in [4.69, 9.17) is 4.74 Å². The van der Waals surface area contributed by atoms with Crippen LogP contribution in [-0.2, 0) is 0 Å². The molecule has 0 spiro atoms. The predicted octanol–water partition coefficient (Wildman–Crippen LogP) is 1.24. The number of benzene rings is 1. The first-order valence-corrected chi connectivity index (χ1v) is 4.74. The van der Waals surface area contributed by atoms with Gasteiger partial charge in [-0.15, -0.1) is 0 Å². The molecule has 1 aliphatic rings. The molecular weight excluding hydrogens is 178 g/mol. The number of ketones is 1. The lowest BCUT2D eigenvalue weighted by molar-refractivity contribution is 0.0997. The summed E-state index contributed by atoms with van der Waals surface area (Å²) in [6, 6.07) is 7.37. The second-order valence-electron chi connectivity index (χ2n) is 3.45. The lowest BCUT2D eigenvalue weighted by Gasteiger charge is -2.28. The number of para-hydroxylation sites is 1. The summed E-state index contributed by atoms with van der Waals surface area (Å²) in [7, 11) is 0. The number of carbonyl (C=O) groups is 1. The highest BCUT2D eigenvalue weighted by molar-refractivity contribution is 5.96. The molecule has 1 N–H and O–H groups in total. The van der Waals surface area contributed by atoms with Gasteiger partial charge in [-0.3, -0.25) is 4.79 Å². The molecule has 3 heteroatoms. The smallest absolute Gasteiger partial charge is 0.163 e. The van der Waals surface area contributed by atoms with Crippen LogP contribution in [0.4, 0.5) is 0 Å². The van der Waals surface area contributed by atoms with Crippen molar-refractivity contribution in [3.8, 4) is 5.75 Å². The zero-order valence-corrected chi connectivity index (χ0v) is 8.12. The van der Waals surface area contributed by atoms with Gasteiger partial charge < -0.3 is 10.1 Å². The van der Waals surface area contributed by atoms with E-state index in [1.54, 1.807) is 13.0 Å². The lowest BCUT2D eigenvalue weighted by Crippen LogP contribution is -2.50. The fraction of sp³-hybridized carbons (Fsp3) is 0.364. The van der Waals surface area contributed by atoms with E-state index in [0.29, 0.717) is 11.3 Å². The van der Waals surface area contributed by atoms with Crippen molar-refractivity contribution in [2.45, 2.75) is 13.0 Å². The lowest BCUT2D eigenvalue weighted by atomic mass is 10.1. The Balaban J connectivity index is 2.17. The van der Waals surface area contributed by atoms with E-state index in [1.807, 2.05) is 18.2 Å². The maximum absolute atomic E-state index is 11.3. The van der Waals surface area contributed by atoms with E-state index in [1.165, 1.54) is 0 Å². The Kier molecular flexibility index (Phi) is 2.50. The summed E-state index contributed by atoms with van der Waals surface area (Å²) in [5, 5.41) is 3.12. The molecule has 0 bridgehead atoms. The zero-order chi connectivity index (χ0) is 9.97. The number of Topliss-reactive ketones (excluding diaryl/α,β-unsaturated/α-hetero) is 1. The van der Waals surface area contributed by atoms with E-state index in [9.17, 15) is 4.79 Å². The summed E-state index contributed by atoms with van der Waals surface area (Å²) in [4.78, 5) is 11.3. The number of ether oxygens (including phenoxy) is 1. The standard InChI is InChI=1S/C11H13NO2/c1-8(13)10-4-2-3-5-11(10)14-9-6-12-7-9/h2-5,9,12H,6-7H2,1H3. The minimum Gasteiger partial charge on any atom is -0.487 e. The van der Waals surface area contributed by atoms with Crippen molar-refractivity contribution in [3.05, 3.63) is 29.8 Å². The molecule has 74 valence electrons. The van der Waals surface area contributed by atoms with Crippen molar-refractivity contribution >= 4 is 5.78 Å². The van der Waals surface area contributed by atoms with Crippen LogP contribution in [0, 0.1) is 0 Å². The monoisotopic (exact) mass is 191 g/mol. The van der Waals surface area contributed by atoms with Crippen molar-refractivity contribution in [2.24, 2.45) is 0 Å². The van der Waals surface area contributed by atoms with Gasteiger partial charge in [0.05, 0.1) is 5.56 Å². The Bertz CT molecular complexity index is 345. The van der Waals surface area contributed by atoms with E-state index < -0.39 is 0 Å². The van der Waals surface area contributed by atoms with Gasteiger partial charge in [-0.1, -0.05) is 12.1 Å². The first-order chi connectivity index (χ1) is 6.77. The summed E-state index contributed by atoms with van der Waals surface area (Å²) < 4.78 is 5.66. The fourth-order valence-electron chi connectivity index (χ4n) is 1.39. The quantitative estimate of drug-likeness (QED) is 0.730. The first kappa shape index (κ1) is 9.21. The molecule has 1 aromatic rings. The molecule has 0 unspecified atom stereocenters. The Labute approximate surface area is 83.1 Å². The molecule has 14 heavy (non-hydrogen) atoms. The molecule has 0 saturated carbocycles. The maximum Gasteiger partial charge on any atom is 0.163 e. The average molecular weight is 191 g/mol. The Hall–Kier alpha value is -1.35. The van der Waals surface area contributed by atoms with Gasteiger partial charge in [-0.05, 0) is 19.1 Å². The van der Waals surface area contributed by atoms with Crippen LogP contribution in [0.1, 0.15) is 17.3 Å². The van der Waals surface area contributed by atoms with Gasteiger partial charge in [-0.2, -0.15) is 0 Å². The molecule has 0 aliphatic carbocycles. The van der Waals surface area contributed by atoms with Crippen molar-refractivity contribution < 1.29 is 9.53 Å². The van der Waals surface area contributed by atoms with E-state index in [0.717, 1.165) is 13.1 Å². The van der Waals surface area contributed by atoms with Crippen LogP contribution in [0.25, 0.3) is 0 Å². The Morgan fingerprint density at radius 1 is 1.43 bits per heavy atom. The molecule has 0 radical (unpaired) electrons. The highest BCUT2D eigenvalue weighted by atomic mass is 16.5. The molecular formula is C11H13NO2. The van der Waals surface area contributed by atoms with Gasteiger partial charge in [0.2, 0.25) is 0 Å². The predicted molar refractivity (Wildman–Crippen MR) is 53.7 cm³/mol. The largest absolute Gasteiger partial charge is 0.487 e. The van der Waals surface area contributed by atoms with Gasteiger partial charge in [0, 0.05) is 13.1 Å². The highest BCUT2D eigenvalue weighted by Gasteiger charge is 2.20. The second kappa shape index (κ2) is 3.80. The third-order valence-corrected chi connectivity index (χ3v) is 2.30. The molecule has 0 aromatic heterocycles. The first-order valence-electron chi connectivity index (χ1n) is 4.74. The Morgan fingerprint density at radius 2 is 2.14 bits per heavy atom. The molecule has 1 fully saturated rings. The van der Waals surface area contributed by atoms with Crippen LogP contribution in [0.2, 0.25) is 0 Å². The molecule has 3 nitrogen and oxygen atoms in total. The topological polar surface area (TPSA) is 38.3 Å². The van der Waals surface area contributed by atoms with Crippen molar-refractivity contribution in [3.63, 3.8) is 0 Å². The number of carbonyl (C=O) groups excluding carboxylic acids is 1. The summed E-state index contributed by atoms with van der Waals surface area (Å²) in [5.74, 6) is 0.749. The number of hydrogen-bond donors (Lipinski definition) is 1. The van der Waals surface area contributed by atoms with Crippen LogP contribution >= 0.6 is 0 Å². The van der Waals surface area contributed by atoms with Gasteiger partial charge in [0.1, 0.15) is 11.9 Å². The fourth-order valence-corrected chi connectivity index (χ4v) is 1.39. The summed E-state index contributed by atoms with van der Waals surface area (Å²) >= 11 is 0. The molecule has 1 aromatic carbocycles. The SMILES string of the molecule is CC(=O)c1ccccc1OC1CNC1. The molecule has 1 saturated heterocycles. The average Bonchev–Trinajstić information content (AvgIpc) is 2.12. The molecule has 1 aliphatic heterocycles. The van der Waals surface area contributed by atoms with E-state index in [2.05, 4.69) is 5.32 Å². The number of nitrogens with one attached hydrogen (secondary N) is 1. The van der Waals surface area contributed by atoms with E-state index in [-0.39, 0.29) is 11.9 Å². The van der Waals surface area contributed by atoms with Crippen molar-refractivity contribution in [1.82, 2.24) is 5.32 Å². The van der Waals surface area contributed by atoms with Gasteiger partial charge in [-0.25, -0.2) is 0 Å². The van der Waals surface area contributed by atoms with Gasteiger partial charge >= 0.3 is 0 Å². The van der Waals surface area contributed by atoms with Crippen LogP contribution in [-0.4, -0.2) is 25.0 Å². The van der Waals surface area contributed by atoms with Crippen LogP contribution < -0.4 is 10.1 Å². The normalized spacial score (nSPS) is 16.1. The van der Waals surface area contributed by atoms with Crippen molar-refractivity contribution in [1.29, 1.82) is 0 Å². The maximum atomic E-state index is 11.3. The summed E-state index contributed by atoms with van der Waals surface area (Å²) in [6.45, 7) is 3.29. The van der Waals surface area contributed by atoms with Crippen LogP contribution in [0.3, 0.4) is 0 Å². The third-order valence-electron chi connectivity index (χ3n) is 2.30. The molecule has 0 amide bonds. The Morgan fingerprint density at radius 3 is 2.71 bits per heavy atom. The number of hydrogen-bond acceptors (Lipinski definition) is 3. The zero-order valence-electron chi connectivity index (χ0n) is 8.12. The second-order valence-corrected chi connectivity index (χ2v) is 3.45. The third kappa shape index (κ3) is 1.77. The molecule has 0 atom stereocenters. The van der Waals surface area contributed by atoms with E-state index >= 15 is 0 Å². The number of rotatable bonds is 3. The van der Waals surface area contributed by atoms with Crippen LogP contribution in [0.15, 0.2) is 24.3 Å². The van der Waals surface area contributed by atoms with Gasteiger partial charge in [0.15, 0.2) is 5.78 Å².